The summed E-state index contributed by atoms with van der Waals surface area (Å²) in [6.07, 6.45) is 8.00. The summed E-state index contributed by atoms with van der Waals surface area (Å²) in [4.78, 5) is 18.8. The smallest absolute Gasteiger partial charge is 0.254 e. The van der Waals surface area contributed by atoms with Gasteiger partial charge in [0.25, 0.3) is 5.56 Å². The van der Waals surface area contributed by atoms with Crippen LogP contribution in [0.1, 0.15) is 49.3 Å². The summed E-state index contributed by atoms with van der Waals surface area (Å²) in [6, 6.07) is 0. The van der Waals surface area contributed by atoms with Crippen LogP contribution in [0.25, 0.3) is 0 Å². The van der Waals surface area contributed by atoms with Gasteiger partial charge in [-0.3, -0.25) is 4.79 Å². The van der Waals surface area contributed by atoms with E-state index in [1.165, 1.54) is 32.0 Å². The molecule has 0 amide bonds. The molecule has 4 heteroatoms. The molecule has 0 saturated heterocycles. The average Bonchev–Trinajstić information content (AvgIpc) is 2.80. The van der Waals surface area contributed by atoms with E-state index in [9.17, 15) is 4.79 Å². The maximum Gasteiger partial charge on any atom is 0.254 e. The van der Waals surface area contributed by atoms with Crippen molar-refractivity contribution >= 4 is 0 Å². The molecule has 1 aromatic rings. The van der Waals surface area contributed by atoms with Gasteiger partial charge in [0.1, 0.15) is 0 Å². The Morgan fingerprint density at radius 1 is 1.44 bits per heavy atom. The number of nitrogens with one attached hydrogen (secondary N) is 1. The highest BCUT2D eigenvalue weighted by Crippen LogP contribution is 2.33. The lowest BCUT2D eigenvalue weighted by Gasteiger charge is -2.12. The molecule has 2 rings (SSSR count). The van der Waals surface area contributed by atoms with Crippen LogP contribution in [-0.4, -0.2) is 16.5 Å². The summed E-state index contributed by atoms with van der Waals surface area (Å²) in [5.74, 6) is 0.495. The number of aromatic amines is 1. The molecule has 1 fully saturated rings. The summed E-state index contributed by atoms with van der Waals surface area (Å²) < 4.78 is 0. The normalized spacial score (nSPS) is 16.8. The zero-order valence-electron chi connectivity index (χ0n) is 9.54. The minimum atomic E-state index is 0.0188. The van der Waals surface area contributed by atoms with E-state index in [4.69, 9.17) is 5.73 Å². The summed E-state index contributed by atoms with van der Waals surface area (Å²) >= 11 is 0. The van der Waals surface area contributed by atoms with Gasteiger partial charge in [0.05, 0.1) is 12.0 Å². The molecule has 0 bridgehead atoms. The Bertz CT molecular complexity index is 393. The van der Waals surface area contributed by atoms with Gasteiger partial charge in [-0.25, -0.2) is 4.98 Å². The number of H-pyrrole nitrogens is 1. The highest BCUT2D eigenvalue weighted by molar-refractivity contribution is 5.21. The topological polar surface area (TPSA) is 71.8 Å². The first kappa shape index (κ1) is 11.3. The third-order valence-electron chi connectivity index (χ3n) is 3.36. The summed E-state index contributed by atoms with van der Waals surface area (Å²) in [5.41, 5.74) is 7.40. The SMILES string of the molecule is NCCCc1c(C2CCCC2)nc[nH]c1=O. The van der Waals surface area contributed by atoms with E-state index in [-0.39, 0.29) is 5.56 Å². The van der Waals surface area contributed by atoms with Crippen LogP contribution in [0.4, 0.5) is 0 Å². The fraction of sp³-hybridized carbons (Fsp3) is 0.667. The van der Waals surface area contributed by atoms with Crippen LogP contribution < -0.4 is 11.3 Å². The van der Waals surface area contributed by atoms with Crippen molar-refractivity contribution in [1.82, 2.24) is 9.97 Å². The first-order valence-corrected chi connectivity index (χ1v) is 6.09. The van der Waals surface area contributed by atoms with E-state index in [0.29, 0.717) is 12.5 Å². The van der Waals surface area contributed by atoms with Gasteiger partial charge in [0.15, 0.2) is 0 Å². The first-order valence-electron chi connectivity index (χ1n) is 6.09. The fourth-order valence-electron chi connectivity index (χ4n) is 2.51. The molecule has 0 spiro atoms. The fourth-order valence-corrected chi connectivity index (χ4v) is 2.51. The van der Waals surface area contributed by atoms with Gasteiger partial charge in [-0.1, -0.05) is 12.8 Å². The number of nitrogens with two attached hydrogens (primary N) is 1. The number of hydrogen-bond donors (Lipinski definition) is 2. The molecule has 4 nitrogen and oxygen atoms in total. The average molecular weight is 221 g/mol. The molecule has 88 valence electrons. The van der Waals surface area contributed by atoms with E-state index in [1.54, 1.807) is 0 Å². The van der Waals surface area contributed by atoms with Crippen molar-refractivity contribution in [3.8, 4) is 0 Å². The number of rotatable bonds is 4. The lowest BCUT2D eigenvalue weighted by atomic mass is 9.97. The maximum atomic E-state index is 11.8. The molecule has 1 aromatic heterocycles. The van der Waals surface area contributed by atoms with Crippen molar-refractivity contribution in [1.29, 1.82) is 0 Å². The molecule has 1 heterocycles. The van der Waals surface area contributed by atoms with Crippen molar-refractivity contribution in [3.63, 3.8) is 0 Å². The standard InChI is InChI=1S/C12H19N3O/c13-7-3-6-10-11(9-4-1-2-5-9)14-8-15-12(10)16/h8-9H,1-7,13H2,(H,14,15,16). The van der Waals surface area contributed by atoms with Crippen LogP contribution in [0.2, 0.25) is 0 Å². The Hall–Kier alpha value is -1.16. The molecule has 0 radical (unpaired) electrons. The molecule has 1 saturated carbocycles. The molecular weight excluding hydrogens is 202 g/mol. The summed E-state index contributed by atoms with van der Waals surface area (Å²) in [7, 11) is 0. The van der Waals surface area contributed by atoms with E-state index in [1.807, 2.05) is 0 Å². The quantitative estimate of drug-likeness (QED) is 0.805. The van der Waals surface area contributed by atoms with Gasteiger partial charge < -0.3 is 10.7 Å². The maximum absolute atomic E-state index is 11.8. The third-order valence-corrected chi connectivity index (χ3v) is 3.36. The van der Waals surface area contributed by atoms with E-state index in [0.717, 1.165) is 24.1 Å². The minimum Gasteiger partial charge on any atom is -0.330 e. The summed E-state index contributed by atoms with van der Waals surface area (Å²) in [6.45, 7) is 0.623. The second-order valence-corrected chi connectivity index (χ2v) is 4.47. The van der Waals surface area contributed by atoms with Gasteiger partial charge >= 0.3 is 0 Å². The molecule has 16 heavy (non-hydrogen) atoms. The molecule has 1 aliphatic rings. The van der Waals surface area contributed by atoms with E-state index < -0.39 is 0 Å². The first-order chi connectivity index (χ1) is 7.83. The Morgan fingerprint density at radius 3 is 2.88 bits per heavy atom. The van der Waals surface area contributed by atoms with Crippen LogP contribution in [0.15, 0.2) is 11.1 Å². The van der Waals surface area contributed by atoms with Crippen molar-refractivity contribution in [3.05, 3.63) is 27.9 Å². The molecule has 0 unspecified atom stereocenters. The Balaban J connectivity index is 2.27. The second kappa shape index (κ2) is 5.25. The van der Waals surface area contributed by atoms with Gasteiger partial charge in [0.2, 0.25) is 0 Å². The van der Waals surface area contributed by atoms with Gasteiger partial charge in [-0.15, -0.1) is 0 Å². The molecule has 0 atom stereocenters. The van der Waals surface area contributed by atoms with E-state index >= 15 is 0 Å². The van der Waals surface area contributed by atoms with Crippen molar-refractivity contribution < 1.29 is 0 Å². The monoisotopic (exact) mass is 221 g/mol. The zero-order valence-corrected chi connectivity index (χ0v) is 9.54. The van der Waals surface area contributed by atoms with Gasteiger partial charge in [-0.2, -0.15) is 0 Å². The number of hydrogen-bond acceptors (Lipinski definition) is 3. The molecular formula is C12H19N3O. The highest BCUT2D eigenvalue weighted by atomic mass is 16.1. The Morgan fingerprint density at radius 2 is 2.19 bits per heavy atom. The van der Waals surface area contributed by atoms with Crippen LogP contribution >= 0.6 is 0 Å². The predicted octanol–water partition coefficient (Wildman–Crippen LogP) is 1.32. The zero-order chi connectivity index (χ0) is 11.4. The number of aromatic nitrogens is 2. The van der Waals surface area contributed by atoms with Gasteiger partial charge in [0, 0.05) is 11.5 Å². The molecule has 1 aliphatic carbocycles. The lowest BCUT2D eigenvalue weighted by molar-refractivity contribution is 0.668. The van der Waals surface area contributed by atoms with Crippen LogP contribution in [0.5, 0.6) is 0 Å². The van der Waals surface area contributed by atoms with Crippen molar-refractivity contribution in [2.75, 3.05) is 6.54 Å². The van der Waals surface area contributed by atoms with Crippen molar-refractivity contribution in [2.24, 2.45) is 5.73 Å². The Labute approximate surface area is 95.3 Å². The van der Waals surface area contributed by atoms with E-state index in [2.05, 4.69) is 9.97 Å². The molecule has 0 aliphatic heterocycles. The second-order valence-electron chi connectivity index (χ2n) is 4.47. The third kappa shape index (κ3) is 2.32. The molecule has 0 aromatic carbocycles. The van der Waals surface area contributed by atoms with Crippen LogP contribution in [0.3, 0.4) is 0 Å². The highest BCUT2D eigenvalue weighted by Gasteiger charge is 2.22. The van der Waals surface area contributed by atoms with Crippen LogP contribution in [0, 0.1) is 0 Å². The molecule has 3 N–H and O–H groups in total. The van der Waals surface area contributed by atoms with Crippen molar-refractivity contribution in [2.45, 2.75) is 44.4 Å². The lowest BCUT2D eigenvalue weighted by Crippen LogP contribution is -2.19. The minimum absolute atomic E-state index is 0.0188. The van der Waals surface area contributed by atoms with Gasteiger partial charge in [-0.05, 0) is 32.2 Å². The number of nitrogens with zero attached hydrogens (tertiary/aromatic N) is 1. The predicted molar refractivity (Wildman–Crippen MR) is 63.4 cm³/mol. The largest absolute Gasteiger partial charge is 0.330 e. The summed E-state index contributed by atoms with van der Waals surface area (Å²) in [5, 5.41) is 0. The van der Waals surface area contributed by atoms with Crippen LogP contribution in [-0.2, 0) is 6.42 Å². The Kier molecular flexibility index (Phi) is 3.72.